The van der Waals surface area contributed by atoms with Crippen LogP contribution < -0.4 is 10.6 Å². The van der Waals surface area contributed by atoms with E-state index in [9.17, 15) is 27.2 Å². The second kappa shape index (κ2) is 7.18. The third-order valence-electron chi connectivity index (χ3n) is 3.86. The van der Waals surface area contributed by atoms with Gasteiger partial charge in [-0.3, -0.25) is 0 Å². The molecule has 11 heteroatoms. The maximum Gasteiger partial charge on any atom is 0.432 e. The molecule has 0 spiro atoms. The molecule has 0 saturated carbocycles. The molecule has 2 aromatic carbocycles. The lowest BCUT2D eigenvalue weighted by Crippen LogP contribution is -2.28. The molecule has 1 heterocycles. The second-order valence-electron chi connectivity index (χ2n) is 5.69. The number of nitrogens with one attached hydrogen (secondary N) is 2. The highest BCUT2D eigenvalue weighted by molar-refractivity contribution is 6.02. The Kier molecular flexibility index (Phi) is 4.91. The number of rotatable bonds is 3. The highest BCUT2D eigenvalue weighted by Crippen LogP contribution is 2.30. The monoisotopic (exact) mass is 396 g/mol. The largest absolute Gasteiger partial charge is 0.463 e. The Bertz CT molecular complexity index is 1060. The van der Waals surface area contributed by atoms with Crippen molar-refractivity contribution >= 4 is 28.7 Å². The van der Waals surface area contributed by atoms with Crippen molar-refractivity contribution in [3.05, 3.63) is 59.5 Å². The summed E-state index contributed by atoms with van der Waals surface area (Å²) in [6, 6.07) is 5.56. The van der Waals surface area contributed by atoms with Crippen LogP contribution in [0.15, 0.2) is 42.6 Å². The molecule has 0 radical (unpaired) electrons. The third kappa shape index (κ3) is 3.87. The highest BCUT2D eigenvalue weighted by Gasteiger charge is 2.31. The maximum absolute atomic E-state index is 13.7. The van der Waals surface area contributed by atoms with Crippen LogP contribution in [0, 0.1) is 5.82 Å². The van der Waals surface area contributed by atoms with Gasteiger partial charge in [-0.1, -0.05) is 6.07 Å². The van der Waals surface area contributed by atoms with Crippen molar-refractivity contribution in [2.24, 2.45) is 0 Å². The molecule has 3 rings (SSSR count). The lowest BCUT2D eigenvalue weighted by molar-refractivity contribution is -0.137. The molecular formula is C17H12F4N4O3. The van der Waals surface area contributed by atoms with E-state index in [0.29, 0.717) is 23.6 Å². The predicted molar refractivity (Wildman–Crippen MR) is 90.4 cm³/mol. The van der Waals surface area contributed by atoms with E-state index in [2.05, 4.69) is 15.7 Å². The number of amides is 2. The van der Waals surface area contributed by atoms with Crippen molar-refractivity contribution < 1.29 is 32.3 Å². The van der Waals surface area contributed by atoms with E-state index in [1.807, 2.05) is 0 Å². The van der Waals surface area contributed by atoms with Crippen LogP contribution in [0.3, 0.4) is 0 Å². The number of carboxylic acid groups (broad SMARTS) is 1. The Labute approximate surface area is 154 Å². The number of hydrogen-bond donors (Lipinski definition) is 3. The molecular weight excluding hydrogens is 384 g/mol. The zero-order chi connectivity index (χ0) is 20.5. The van der Waals surface area contributed by atoms with Crippen LogP contribution >= 0.6 is 0 Å². The molecule has 28 heavy (non-hydrogen) atoms. The molecule has 0 unspecified atom stereocenters. The van der Waals surface area contributed by atoms with Crippen molar-refractivity contribution in [3.63, 3.8) is 0 Å². The van der Waals surface area contributed by atoms with Crippen LogP contribution in [0.2, 0.25) is 0 Å². The number of fused-ring (bicyclic) bond motifs is 1. The number of anilines is 1. The summed E-state index contributed by atoms with van der Waals surface area (Å²) in [5, 5.41) is 17.8. The number of hydrogen-bond acceptors (Lipinski definition) is 3. The summed E-state index contributed by atoms with van der Waals surface area (Å²) in [6.07, 6.45) is -4.70. The lowest BCUT2D eigenvalue weighted by atomic mass is 10.1. The zero-order valence-electron chi connectivity index (χ0n) is 13.9. The molecule has 0 aliphatic carbocycles. The van der Waals surface area contributed by atoms with Gasteiger partial charge in [0.15, 0.2) is 0 Å². The number of aromatic nitrogens is 2. The number of nitrogens with zero attached hydrogens (tertiary/aromatic N) is 2. The van der Waals surface area contributed by atoms with Crippen molar-refractivity contribution in [2.75, 3.05) is 5.32 Å². The van der Waals surface area contributed by atoms with Gasteiger partial charge in [0.2, 0.25) is 0 Å². The lowest BCUT2D eigenvalue weighted by Gasteiger charge is -2.12. The second-order valence-corrected chi connectivity index (χ2v) is 5.69. The molecule has 0 bridgehead atoms. The van der Waals surface area contributed by atoms with Gasteiger partial charge in [0.1, 0.15) is 5.82 Å². The minimum Gasteiger partial charge on any atom is -0.463 e. The quantitative estimate of drug-likeness (QED) is 0.582. The van der Waals surface area contributed by atoms with Crippen LogP contribution in [0.25, 0.3) is 10.9 Å². The summed E-state index contributed by atoms with van der Waals surface area (Å²) >= 11 is 0. The summed E-state index contributed by atoms with van der Waals surface area (Å²) in [7, 11) is 0. The topological polar surface area (TPSA) is 96.3 Å². The number of benzene rings is 2. The van der Waals surface area contributed by atoms with Crippen LogP contribution in [-0.2, 0) is 12.7 Å². The number of carbonyl (C=O) groups is 2. The molecule has 1 aromatic heterocycles. The first kappa shape index (κ1) is 19.1. The standard InChI is InChI=1S/C17H12F4N4O3/c18-12-5-4-10(17(19,20)21)6-9(12)7-22-15(26)24-13-2-1-3-14-11(13)8-23-25(14)16(27)28/h1-6,8H,7H2,(H,27,28)(H2,22,24,26). The van der Waals surface area contributed by atoms with Crippen molar-refractivity contribution in [1.82, 2.24) is 15.1 Å². The smallest absolute Gasteiger partial charge is 0.432 e. The number of urea groups is 1. The Balaban J connectivity index is 1.74. The zero-order valence-corrected chi connectivity index (χ0v) is 13.9. The van der Waals surface area contributed by atoms with Gasteiger partial charge in [-0.2, -0.15) is 23.0 Å². The summed E-state index contributed by atoms with van der Waals surface area (Å²) < 4.78 is 52.6. The minimum atomic E-state index is -4.63. The summed E-state index contributed by atoms with van der Waals surface area (Å²) in [5.74, 6) is -0.891. The number of halogens is 4. The molecule has 2 amide bonds. The van der Waals surface area contributed by atoms with Crippen LogP contribution in [-0.4, -0.2) is 27.0 Å². The molecule has 146 valence electrons. The summed E-state index contributed by atoms with van der Waals surface area (Å²) in [4.78, 5) is 23.1. The SMILES string of the molecule is O=C(NCc1cc(C(F)(F)F)ccc1F)Nc1cccc2c1cnn2C(=O)O. The fourth-order valence-corrected chi connectivity index (χ4v) is 2.54. The summed E-state index contributed by atoms with van der Waals surface area (Å²) in [6.45, 7) is -0.480. The van der Waals surface area contributed by atoms with E-state index in [-0.39, 0.29) is 16.8 Å². The van der Waals surface area contributed by atoms with Gasteiger partial charge >= 0.3 is 18.3 Å². The summed E-state index contributed by atoms with van der Waals surface area (Å²) in [5.41, 5.74) is -0.903. The van der Waals surface area contributed by atoms with Crippen LogP contribution in [0.5, 0.6) is 0 Å². The molecule has 3 N–H and O–H groups in total. The first-order chi connectivity index (χ1) is 13.2. The van der Waals surface area contributed by atoms with Gasteiger partial charge in [0.05, 0.1) is 23.0 Å². The van der Waals surface area contributed by atoms with Crippen LogP contribution in [0.4, 0.5) is 32.8 Å². The molecule has 3 aromatic rings. The van der Waals surface area contributed by atoms with Gasteiger partial charge in [-0.25, -0.2) is 14.0 Å². The normalized spacial score (nSPS) is 11.4. The molecule has 0 atom stereocenters. The van der Waals surface area contributed by atoms with Gasteiger partial charge in [0, 0.05) is 17.5 Å². The molecule has 0 saturated heterocycles. The van der Waals surface area contributed by atoms with E-state index in [4.69, 9.17) is 5.11 Å². The van der Waals surface area contributed by atoms with E-state index >= 15 is 0 Å². The first-order valence-corrected chi connectivity index (χ1v) is 7.77. The average Bonchev–Trinajstić information content (AvgIpc) is 3.05. The molecule has 7 nitrogen and oxygen atoms in total. The first-order valence-electron chi connectivity index (χ1n) is 7.77. The van der Waals surface area contributed by atoms with Crippen LogP contribution in [0.1, 0.15) is 11.1 Å². The maximum atomic E-state index is 13.7. The molecule has 0 fully saturated rings. The van der Waals surface area contributed by atoms with Gasteiger partial charge in [-0.15, -0.1) is 0 Å². The van der Waals surface area contributed by atoms with Gasteiger partial charge in [0.25, 0.3) is 0 Å². The Hall–Kier alpha value is -3.63. The Morgan fingerprint density at radius 3 is 2.61 bits per heavy atom. The minimum absolute atomic E-state index is 0.229. The van der Waals surface area contributed by atoms with Gasteiger partial charge in [-0.05, 0) is 30.3 Å². The highest BCUT2D eigenvalue weighted by atomic mass is 19.4. The van der Waals surface area contributed by atoms with E-state index in [1.54, 1.807) is 0 Å². The van der Waals surface area contributed by atoms with Crippen molar-refractivity contribution in [1.29, 1.82) is 0 Å². The molecule has 0 aliphatic rings. The van der Waals surface area contributed by atoms with E-state index in [0.717, 1.165) is 4.68 Å². The molecule has 0 aliphatic heterocycles. The van der Waals surface area contributed by atoms with E-state index < -0.39 is 36.2 Å². The number of alkyl halides is 3. The van der Waals surface area contributed by atoms with Crippen molar-refractivity contribution in [3.8, 4) is 0 Å². The van der Waals surface area contributed by atoms with Crippen molar-refractivity contribution in [2.45, 2.75) is 12.7 Å². The fraction of sp³-hybridized carbons (Fsp3) is 0.118. The average molecular weight is 396 g/mol. The number of carbonyl (C=O) groups excluding carboxylic acids is 1. The fourth-order valence-electron chi connectivity index (χ4n) is 2.54. The van der Waals surface area contributed by atoms with Gasteiger partial charge < -0.3 is 15.7 Å². The van der Waals surface area contributed by atoms with E-state index in [1.165, 1.54) is 24.4 Å². The predicted octanol–water partition coefficient (Wildman–Crippen LogP) is 4.04. The third-order valence-corrected chi connectivity index (χ3v) is 3.86. The Morgan fingerprint density at radius 2 is 1.93 bits per heavy atom. The Morgan fingerprint density at radius 1 is 1.18 bits per heavy atom.